The van der Waals surface area contributed by atoms with Gasteiger partial charge in [-0.3, -0.25) is 4.79 Å². The van der Waals surface area contributed by atoms with Crippen molar-refractivity contribution in [1.29, 1.82) is 0 Å². The number of hydrogen-bond donors (Lipinski definition) is 1. The molecule has 6 nitrogen and oxygen atoms in total. The van der Waals surface area contributed by atoms with Gasteiger partial charge >= 0.3 is 5.97 Å². The van der Waals surface area contributed by atoms with Gasteiger partial charge in [-0.2, -0.15) is 0 Å². The number of benzene rings is 2. The molecule has 1 aliphatic rings. The molecule has 1 aliphatic heterocycles. The van der Waals surface area contributed by atoms with Gasteiger partial charge in [-0.1, -0.05) is 12.1 Å². The number of carbonyl (C=O) groups excluding carboxylic acids is 2. The smallest absolute Gasteiger partial charge is 0.331 e. The Morgan fingerprint density at radius 1 is 1.15 bits per heavy atom. The number of halogens is 1. The number of fused-ring (bicyclic) bond motifs is 1. The van der Waals surface area contributed by atoms with Gasteiger partial charge in [-0.25, -0.2) is 9.18 Å². The molecule has 7 heteroatoms. The summed E-state index contributed by atoms with van der Waals surface area (Å²) in [5.41, 5.74) is 1.02. The topological polar surface area (TPSA) is 73.9 Å². The second-order valence-corrected chi connectivity index (χ2v) is 5.82. The molecule has 0 saturated carbocycles. The molecule has 27 heavy (non-hydrogen) atoms. The highest BCUT2D eigenvalue weighted by atomic mass is 19.1. The summed E-state index contributed by atoms with van der Waals surface area (Å²) < 4.78 is 29.0. The van der Waals surface area contributed by atoms with Crippen molar-refractivity contribution in [3.63, 3.8) is 0 Å². The maximum atomic E-state index is 13.1. The molecule has 0 fully saturated rings. The first kappa shape index (κ1) is 18.4. The third-order valence-corrected chi connectivity index (χ3v) is 3.73. The molecule has 3 rings (SSSR count). The third kappa shape index (κ3) is 5.07. The van der Waals surface area contributed by atoms with Crippen LogP contribution in [0, 0.1) is 5.82 Å². The van der Waals surface area contributed by atoms with Crippen LogP contribution >= 0.6 is 0 Å². The van der Waals surface area contributed by atoms with Gasteiger partial charge in [0.2, 0.25) is 0 Å². The average molecular weight is 371 g/mol. The lowest BCUT2D eigenvalue weighted by molar-refractivity contribution is -0.148. The number of carbonyl (C=O) groups is 2. The number of anilines is 1. The molecule has 1 N–H and O–H groups in total. The number of amides is 1. The first-order valence-electron chi connectivity index (χ1n) is 8.36. The zero-order valence-electron chi connectivity index (χ0n) is 14.6. The van der Waals surface area contributed by atoms with E-state index in [1.807, 2.05) is 0 Å². The number of rotatable bonds is 5. The van der Waals surface area contributed by atoms with Crippen LogP contribution in [-0.2, 0) is 14.3 Å². The lowest BCUT2D eigenvalue weighted by Crippen LogP contribution is -2.29. The maximum Gasteiger partial charge on any atom is 0.331 e. The normalized spacial score (nSPS) is 13.9. The summed E-state index contributed by atoms with van der Waals surface area (Å²) in [4.78, 5) is 24.0. The van der Waals surface area contributed by atoms with E-state index in [-0.39, 0.29) is 0 Å². The lowest BCUT2D eigenvalue weighted by atomic mass is 10.2. The summed E-state index contributed by atoms with van der Waals surface area (Å²) in [6.07, 6.45) is 1.54. The molecule has 0 aromatic heterocycles. The number of esters is 1. The molecule has 0 radical (unpaired) electrons. The number of nitrogens with one attached hydrogen (secondary N) is 1. The van der Waals surface area contributed by atoms with Crippen LogP contribution in [0.2, 0.25) is 0 Å². The summed E-state index contributed by atoms with van der Waals surface area (Å²) >= 11 is 0. The Kier molecular flexibility index (Phi) is 5.71. The minimum Gasteiger partial charge on any atom is -0.486 e. The van der Waals surface area contributed by atoms with Crippen molar-refractivity contribution < 1.29 is 28.2 Å². The van der Waals surface area contributed by atoms with Crippen LogP contribution in [-0.4, -0.2) is 31.2 Å². The summed E-state index contributed by atoms with van der Waals surface area (Å²) in [5, 5.41) is 2.65. The van der Waals surface area contributed by atoms with Crippen molar-refractivity contribution in [2.75, 3.05) is 18.5 Å². The molecular weight excluding hydrogens is 353 g/mol. The minimum atomic E-state index is -1.01. The van der Waals surface area contributed by atoms with E-state index in [2.05, 4.69) is 5.32 Å². The lowest BCUT2D eigenvalue weighted by Gasteiger charge is -2.19. The Balaban J connectivity index is 1.55. The monoisotopic (exact) mass is 371 g/mol. The highest BCUT2D eigenvalue weighted by Gasteiger charge is 2.18. The fourth-order valence-corrected chi connectivity index (χ4v) is 2.41. The van der Waals surface area contributed by atoms with Crippen LogP contribution in [0.5, 0.6) is 11.5 Å². The van der Waals surface area contributed by atoms with Gasteiger partial charge in [-0.05, 0) is 42.8 Å². The van der Waals surface area contributed by atoms with Crippen molar-refractivity contribution in [2.24, 2.45) is 0 Å². The molecule has 0 saturated heterocycles. The molecule has 0 unspecified atom stereocenters. The van der Waals surface area contributed by atoms with Crippen molar-refractivity contribution in [1.82, 2.24) is 0 Å². The Morgan fingerprint density at radius 2 is 1.93 bits per heavy atom. The van der Waals surface area contributed by atoms with E-state index in [1.54, 1.807) is 24.3 Å². The predicted molar refractivity (Wildman–Crippen MR) is 97.0 cm³/mol. The van der Waals surface area contributed by atoms with E-state index in [1.165, 1.54) is 31.2 Å². The minimum absolute atomic E-state index is 0.405. The first-order chi connectivity index (χ1) is 13.0. The third-order valence-electron chi connectivity index (χ3n) is 3.73. The van der Waals surface area contributed by atoms with E-state index in [4.69, 9.17) is 14.2 Å². The zero-order valence-corrected chi connectivity index (χ0v) is 14.6. The van der Waals surface area contributed by atoms with E-state index < -0.39 is 23.8 Å². The number of ether oxygens (including phenoxy) is 3. The molecule has 0 bridgehead atoms. The second-order valence-electron chi connectivity index (χ2n) is 5.82. The van der Waals surface area contributed by atoms with Crippen molar-refractivity contribution in [2.45, 2.75) is 13.0 Å². The molecule has 140 valence electrons. The van der Waals surface area contributed by atoms with Gasteiger partial charge in [0, 0.05) is 17.8 Å². The summed E-state index contributed by atoms with van der Waals surface area (Å²) in [6.45, 7) is 2.38. The average Bonchev–Trinajstić information content (AvgIpc) is 2.66. The molecule has 2 aromatic rings. The maximum absolute atomic E-state index is 13.1. The molecule has 0 spiro atoms. The molecule has 2 aromatic carbocycles. The van der Waals surface area contributed by atoms with Crippen molar-refractivity contribution >= 4 is 23.6 Å². The quantitative estimate of drug-likeness (QED) is 0.646. The molecule has 1 atom stereocenters. The van der Waals surface area contributed by atoms with Crippen LogP contribution < -0.4 is 14.8 Å². The molecule has 0 aliphatic carbocycles. The fraction of sp³-hybridized carbons (Fsp3) is 0.200. The van der Waals surface area contributed by atoms with E-state index in [9.17, 15) is 14.0 Å². The summed E-state index contributed by atoms with van der Waals surface area (Å²) in [6, 6.07) is 10.8. The van der Waals surface area contributed by atoms with E-state index in [0.29, 0.717) is 36.0 Å². The van der Waals surface area contributed by atoms with Gasteiger partial charge in [0.15, 0.2) is 17.6 Å². The van der Waals surface area contributed by atoms with Gasteiger partial charge in [0.25, 0.3) is 5.91 Å². The largest absolute Gasteiger partial charge is 0.486 e. The second kappa shape index (κ2) is 8.35. The Bertz CT molecular complexity index is 880. The summed E-state index contributed by atoms with van der Waals surface area (Å²) in [5.74, 6) is -0.441. The highest BCUT2D eigenvalue weighted by Crippen LogP contribution is 2.32. The SMILES string of the molecule is C[C@@H](OC(=O)/C=C/c1cccc(F)c1)C(=O)Nc1ccc2c(c1)OCCO2. The van der Waals surface area contributed by atoms with Gasteiger partial charge < -0.3 is 19.5 Å². The Hall–Kier alpha value is -3.35. The van der Waals surface area contributed by atoms with Crippen LogP contribution in [0.25, 0.3) is 6.08 Å². The standard InChI is InChI=1S/C20H18FNO5/c1-13(27-19(23)8-5-14-3-2-4-15(21)11-14)20(24)22-16-6-7-17-18(12-16)26-10-9-25-17/h2-8,11-13H,9-10H2,1H3,(H,22,24)/b8-5+/t13-/m1/s1. The summed E-state index contributed by atoms with van der Waals surface area (Å²) in [7, 11) is 0. The van der Waals surface area contributed by atoms with Crippen LogP contribution in [0.15, 0.2) is 48.5 Å². The fourth-order valence-electron chi connectivity index (χ4n) is 2.41. The van der Waals surface area contributed by atoms with Gasteiger partial charge in [-0.15, -0.1) is 0 Å². The Morgan fingerprint density at radius 3 is 2.70 bits per heavy atom. The molecule has 1 heterocycles. The van der Waals surface area contributed by atoms with Crippen molar-refractivity contribution in [3.05, 3.63) is 59.9 Å². The van der Waals surface area contributed by atoms with Gasteiger partial charge in [0.05, 0.1) is 0 Å². The predicted octanol–water partition coefficient (Wildman–Crippen LogP) is 3.18. The van der Waals surface area contributed by atoms with Crippen LogP contribution in [0.4, 0.5) is 10.1 Å². The van der Waals surface area contributed by atoms with Crippen LogP contribution in [0.1, 0.15) is 12.5 Å². The number of hydrogen-bond acceptors (Lipinski definition) is 5. The molecular formula is C20H18FNO5. The van der Waals surface area contributed by atoms with Crippen molar-refractivity contribution in [3.8, 4) is 11.5 Å². The van der Waals surface area contributed by atoms with Crippen LogP contribution in [0.3, 0.4) is 0 Å². The van der Waals surface area contributed by atoms with E-state index in [0.717, 1.165) is 6.08 Å². The van der Waals surface area contributed by atoms with E-state index >= 15 is 0 Å². The first-order valence-corrected chi connectivity index (χ1v) is 8.36. The Labute approximate surface area is 155 Å². The zero-order chi connectivity index (χ0) is 19.2. The van der Waals surface area contributed by atoms with Gasteiger partial charge in [0.1, 0.15) is 19.0 Å². The highest BCUT2D eigenvalue weighted by molar-refractivity contribution is 5.96. The molecule has 1 amide bonds.